The molecule has 0 radical (unpaired) electrons. The van der Waals surface area contributed by atoms with Crippen molar-refractivity contribution in [3.8, 4) is 10.7 Å². The highest BCUT2D eigenvalue weighted by molar-refractivity contribution is 9.10. The van der Waals surface area contributed by atoms with Crippen LogP contribution < -0.4 is 0 Å². The van der Waals surface area contributed by atoms with Crippen LogP contribution in [0.2, 0.25) is 0 Å². The number of halogens is 2. The van der Waals surface area contributed by atoms with E-state index in [1.807, 2.05) is 23.1 Å². The zero-order valence-electron chi connectivity index (χ0n) is 11.2. The molecule has 0 N–H and O–H groups in total. The molecular weight excluding hydrogens is 454 g/mol. The normalized spacial score (nSPS) is 11.0. The quantitative estimate of drug-likeness (QED) is 0.553. The zero-order chi connectivity index (χ0) is 15.7. The molecule has 0 aliphatic heterocycles. The van der Waals surface area contributed by atoms with E-state index in [0.717, 1.165) is 19.6 Å². The summed E-state index contributed by atoms with van der Waals surface area (Å²) in [5.41, 5.74) is 0. The largest absolute Gasteiger partial charge is 0.304 e. The molecule has 0 aromatic carbocycles. The van der Waals surface area contributed by atoms with Crippen LogP contribution in [-0.2, 0) is 7.05 Å². The van der Waals surface area contributed by atoms with Gasteiger partial charge in [-0.1, -0.05) is 11.8 Å². The number of hydrogen-bond donors (Lipinski definition) is 0. The lowest BCUT2D eigenvalue weighted by molar-refractivity contribution is 0.0926. The van der Waals surface area contributed by atoms with Crippen molar-refractivity contribution in [1.82, 2.24) is 24.5 Å². The fourth-order valence-corrected chi connectivity index (χ4v) is 4.21. The first-order valence-corrected chi connectivity index (χ1v) is 9.49. The minimum atomic E-state index is -0.112. The van der Waals surface area contributed by atoms with Gasteiger partial charge in [-0.15, -0.1) is 21.5 Å². The number of carbonyl (C=O) groups is 1. The molecule has 0 bridgehead atoms. The lowest BCUT2D eigenvalue weighted by Gasteiger charge is -2.02. The molecule has 10 heteroatoms. The average molecular weight is 463 g/mol. The van der Waals surface area contributed by atoms with E-state index in [1.54, 1.807) is 23.7 Å². The number of rotatable bonds is 4. The summed E-state index contributed by atoms with van der Waals surface area (Å²) in [6, 6.07) is 2.00. The summed E-state index contributed by atoms with van der Waals surface area (Å²) in [5.74, 6) is 0.917. The van der Waals surface area contributed by atoms with Crippen molar-refractivity contribution in [3.63, 3.8) is 0 Å². The van der Waals surface area contributed by atoms with Crippen molar-refractivity contribution in [1.29, 1.82) is 0 Å². The molecule has 3 heterocycles. The minimum absolute atomic E-state index is 0.112. The predicted molar refractivity (Wildman–Crippen MR) is 93.3 cm³/mol. The molecule has 3 aromatic heterocycles. The van der Waals surface area contributed by atoms with E-state index in [9.17, 15) is 4.79 Å². The molecule has 0 fully saturated rings. The van der Waals surface area contributed by atoms with Gasteiger partial charge in [0.05, 0.1) is 21.3 Å². The summed E-state index contributed by atoms with van der Waals surface area (Å²) < 4.78 is 4.99. The summed E-state index contributed by atoms with van der Waals surface area (Å²) in [5, 5.41) is 15.0. The van der Waals surface area contributed by atoms with Gasteiger partial charge in [0, 0.05) is 23.1 Å². The Labute approximate surface area is 151 Å². The Morgan fingerprint density at radius 2 is 2.18 bits per heavy atom. The van der Waals surface area contributed by atoms with E-state index >= 15 is 0 Å². The van der Waals surface area contributed by atoms with Gasteiger partial charge in [0.25, 0.3) is 5.91 Å². The number of thiophene rings is 1. The van der Waals surface area contributed by atoms with E-state index in [1.165, 1.54) is 16.4 Å². The van der Waals surface area contributed by atoms with Crippen LogP contribution in [0.4, 0.5) is 0 Å². The van der Waals surface area contributed by atoms with Crippen molar-refractivity contribution in [2.75, 3.05) is 5.75 Å². The molecule has 22 heavy (non-hydrogen) atoms. The molecule has 6 nitrogen and oxygen atoms in total. The van der Waals surface area contributed by atoms with Crippen molar-refractivity contribution in [3.05, 3.63) is 32.8 Å². The van der Waals surface area contributed by atoms with Crippen LogP contribution in [0, 0.1) is 0 Å². The number of nitrogens with zero attached hydrogens (tertiary/aromatic N) is 5. The van der Waals surface area contributed by atoms with Crippen molar-refractivity contribution in [2.24, 2.45) is 7.05 Å². The lowest BCUT2D eigenvalue weighted by Crippen LogP contribution is -2.13. The molecule has 0 aliphatic carbocycles. The van der Waals surface area contributed by atoms with Crippen molar-refractivity contribution >= 4 is 60.9 Å². The SMILES string of the molecule is Cn1c(SCC(=O)n2cc(Br)cn2)nnc1-c1cc(Br)cs1. The van der Waals surface area contributed by atoms with Crippen LogP contribution in [0.1, 0.15) is 4.79 Å². The van der Waals surface area contributed by atoms with Gasteiger partial charge in [-0.05, 0) is 37.9 Å². The molecule has 0 spiro atoms. The van der Waals surface area contributed by atoms with Gasteiger partial charge in [-0.2, -0.15) is 5.10 Å². The molecule has 0 aliphatic rings. The van der Waals surface area contributed by atoms with Gasteiger partial charge in [0.1, 0.15) is 0 Å². The summed E-state index contributed by atoms with van der Waals surface area (Å²) in [6.07, 6.45) is 3.21. The third-order valence-electron chi connectivity index (χ3n) is 2.75. The van der Waals surface area contributed by atoms with Crippen LogP contribution in [0.15, 0.2) is 37.9 Å². The fourth-order valence-electron chi connectivity index (χ4n) is 1.72. The number of carbonyl (C=O) groups excluding carboxylic acids is 1. The molecule has 0 atom stereocenters. The first kappa shape index (κ1) is 15.9. The Hall–Kier alpha value is -0.970. The van der Waals surface area contributed by atoms with Gasteiger partial charge < -0.3 is 4.57 Å². The van der Waals surface area contributed by atoms with E-state index < -0.39 is 0 Å². The highest BCUT2D eigenvalue weighted by atomic mass is 79.9. The molecule has 0 amide bonds. The van der Waals surface area contributed by atoms with Gasteiger partial charge in [-0.25, -0.2) is 4.68 Å². The topological polar surface area (TPSA) is 65.6 Å². The Morgan fingerprint density at radius 1 is 1.36 bits per heavy atom. The third-order valence-corrected chi connectivity index (χ3v) is 5.86. The first-order valence-electron chi connectivity index (χ1n) is 6.04. The van der Waals surface area contributed by atoms with Crippen molar-refractivity contribution in [2.45, 2.75) is 5.16 Å². The fraction of sp³-hybridized carbons (Fsp3) is 0.167. The van der Waals surface area contributed by atoms with Crippen LogP contribution in [0.5, 0.6) is 0 Å². The molecular formula is C12H9Br2N5OS2. The maximum absolute atomic E-state index is 12.0. The first-order chi connectivity index (χ1) is 10.5. The Bertz CT molecular complexity index is 825. The molecule has 3 aromatic rings. The average Bonchev–Trinajstić information content (AvgIpc) is 3.18. The van der Waals surface area contributed by atoms with Gasteiger partial charge in [0.2, 0.25) is 0 Å². The summed E-state index contributed by atoms with van der Waals surface area (Å²) in [7, 11) is 1.89. The monoisotopic (exact) mass is 461 g/mol. The van der Waals surface area contributed by atoms with Gasteiger partial charge >= 0.3 is 0 Å². The second-order valence-electron chi connectivity index (χ2n) is 4.28. The molecule has 0 unspecified atom stereocenters. The highest BCUT2D eigenvalue weighted by Crippen LogP contribution is 2.30. The minimum Gasteiger partial charge on any atom is -0.304 e. The molecule has 3 rings (SSSR count). The molecule has 0 saturated heterocycles. The van der Waals surface area contributed by atoms with E-state index in [2.05, 4.69) is 47.2 Å². The van der Waals surface area contributed by atoms with Crippen LogP contribution in [-0.4, -0.2) is 36.2 Å². The Balaban J connectivity index is 1.71. The summed E-state index contributed by atoms with van der Waals surface area (Å²) in [6.45, 7) is 0. The lowest BCUT2D eigenvalue weighted by atomic mass is 10.4. The smallest absolute Gasteiger partial charge is 0.257 e. The standard InChI is InChI=1S/C12H9Br2N5OS2/c1-18-11(9-2-7(13)5-21-9)16-17-12(18)22-6-10(20)19-4-8(14)3-15-19/h2-5H,6H2,1H3. The number of hydrogen-bond acceptors (Lipinski definition) is 6. The second kappa shape index (κ2) is 6.65. The van der Waals surface area contributed by atoms with E-state index in [0.29, 0.717) is 5.16 Å². The number of aromatic nitrogens is 5. The second-order valence-corrected chi connectivity index (χ2v) is 7.96. The maximum atomic E-state index is 12.0. The van der Waals surface area contributed by atoms with E-state index in [-0.39, 0.29) is 11.7 Å². The van der Waals surface area contributed by atoms with E-state index in [4.69, 9.17) is 0 Å². The summed E-state index contributed by atoms with van der Waals surface area (Å²) >= 11 is 9.62. The zero-order valence-corrected chi connectivity index (χ0v) is 16.0. The maximum Gasteiger partial charge on any atom is 0.257 e. The van der Waals surface area contributed by atoms with Crippen LogP contribution >= 0.6 is 55.0 Å². The van der Waals surface area contributed by atoms with Crippen LogP contribution in [0.25, 0.3) is 10.7 Å². The Kier molecular flexibility index (Phi) is 4.81. The molecule has 114 valence electrons. The van der Waals surface area contributed by atoms with Crippen molar-refractivity contribution < 1.29 is 4.79 Å². The highest BCUT2D eigenvalue weighted by Gasteiger charge is 2.15. The predicted octanol–water partition coefficient (Wildman–Crippen LogP) is 3.70. The van der Waals surface area contributed by atoms with Gasteiger partial charge in [0.15, 0.2) is 11.0 Å². The third kappa shape index (κ3) is 3.34. The van der Waals surface area contributed by atoms with Gasteiger partial charge in [-0.3, -0.25) is 4.79 Å². The van der Waals surface area contributed by atoms with Crippen LogP contribution in [0.3, 0.4) is 0 Å². The number of thioether (sulfide) groups is 1. The molecule has 0 saturated carbocycles. The Morgan fingerprint density at radius 3 is 2.82 bits per heavy atom. The summed E-state index contributed by atoms with van der Waals surface area (Å²) in [4.78, 5) is 13.0.